The highest BCUT2D eigenvalue weighted by Gasteiger charge is 2.15. The van der Waals surface area contributed by atoms with E-state index in [2.05, 4.69) is 14.6 Å². The van der Waals surface area contributed by atoms with Crippen LogP contribution in [0.5, 0.6) is 0 Å². The molecule has 6 nitrogen and oxygen atoms in total. The van der Waals surface area contributed by atoms with Crippen LogP contribution in [0.15, 0.2) is 18.2 Å². The molecule has 0 aliphatic carbocycles. The molecule has 0 atom stereocenters. The van der Waals surface area contributed by atoms with Gasteiger partial charge >= 0.3 is 0 Å². The van der Waals surface area contributed by atoms with Gasteiger partial charge < -0.3 is 0 Å². The summed E-state index contributed by atoms with van der Waals surface area (Å²) in [5.41, 5.74) is 0.731. The molecule has 0 N–H and O–H groups in total. The number of nitro groups is 1. The third kappa shape index (κ3) is 1.75. The molecule has 0 unspecified atom stereocenters. The summed E-state index contributed by atoms with van der Waals surface area (Å²) in [5, 5.41) is 21.0. The van der Waals surface area contributed by atoms with E-state index in [-0.39, 0.29) is 5.69 Å². The smallest absolute Gasteiger partial charge is 0.258 e. The van der Waals surface area contributed by atoms with Crippen LogP contribution in [0.4, 0.5) is 5.69 Å². The second-order valence-corrected chi connectivity index (χ2v) is 5.58. The van der Waals surface area contributed by atoms with Gasteiger partial charge in [0, 0.05) is 17.5 Å². The number of aromatic nitrogens is 3. The SMILES string of the molecule is Cc1nnc(-c2nsc3ccc([N+](=O)[O-])cc23)s1. The molecule has 8 heteroatoms. The molecule has 90 valence electrons. The van der Waals surface area contributed by atoms with Gasteiger partial charge in [0.2, 0.25) is 0 Å². The van der Waals surface area contributed by atoms with Crippen LogP contribution in [0.2, 0.25) is 0 Å². The van der Waals surface area contributed by atoms with Gasteiger partial charge in [0.25, 0.3) is 5.69 Å². The van der Waals surface area contributed by atoms with Gasteiger partial charge in [-0.05, 0) is 24.5 Å². The molecule has 18 heavy (non-hydrogen) atoms. The van der Waals surface area contributed by atoms with Gasteiger partial charge in [-0.25, -0.2) is 0 Å². The fourth-order valence-electron chi connectivity index (χ4n) is 1.59. The molecule has 3 aromatic rings. The summed E-state index contributed by atoms with van der Waals surface area (Å²) in [4.78, 5) is 10.4. The third-order valence-electron chi connectivity index (χ3n) is 2.39. The van der Waals surface area contributed by atoms with Crippen LogP contribution in [0.1, 0.15) is 5.01 Å². The first-order chi connectivity index (χ1) is 8.65. The van der Waals surface area contributed by atoms with Crippen molar-refractivity contribution >= 4 is 38.6 Å². The number of nitrogens with zero attached hydrogens (tertiary/aromatic N) is 4. The fourth-order valence-corrected chi connectivity index (χ4v) is 3.10. The van der Waals surface area contributed by atoms with E-state index in [1.54, 1.807) is 6.07 Å². The van der Waals surface area contributed by atoms with E-state index in [0.717, 1.165) is 15.1 Å². The van der Waals surface area contributed by atoms with Crippen LogP contribution in [-0.4, -0.2) is 19.5 Å². The van der Waals surface area contributed by atoms with Gasteiger partial charge in [-0.3, -0.25) is 10.1 Å². The zero-order valence-electron chi connectivity index (χ0n) is 9.15. The first-order valence-corrected chi connectivity index (χ1v) is 6.58. The zero-order chi connectivity index (χ0) is 12.7. The number of hydrogen-bond donors (Lipinski definition) is 0. The van der Waals surface area contributed by atoms with Crippen LogP contribution in [0, 0.1) is 17.0 Å². The van der Waals surface area contributed by atoms with Crippen molar-refractivity contribution in [1.82, 2.24) is 14.6 Å². The zero-order valence-corrected chi connectivity index (χ0v) is 10.8. The first kappa shape index (κ1) is 11.2. The highest BCUT2D eigenvalue weighted by molar-refractivity contribution is 7.16. The molecule has 0 saturated carbocycles. The molecule has 0 saturated heterocycles. The topological polar surface area (TPSA) is 81.8 Å². The van der Waals surface area contributed by atoms with Crippen molar-refractivity contribution in [3.63, 3.8) is 0 Å². The Kier molecular flexibility index (Phi) is 2.53. The Morgan fingerprint density at radius 2 is 2.17 bits per heavy atom. The van der Waals surface area contributed by atoms with E-state index in [0.29, 0.717) is 10.7 Å². The summed E-state index contributed by atoms with van der Waals surface area (Å²) >= 11 is 2.73. The Balaban J connectivity index is 2.23. The summed E-state index contributed by atoms with van der Waals surface area (Å²) in [6, 6.07) is 4.73. The summed E-state index contributed by atoms with van der Waals surface area (Å²) in [6.45, 7) is 1.86. The minimum Gasteiger partial charge on any atom is -0.258 e. The third-order valence-corrected chi connectivity index (χ3v) is 4.06. The molecule has 0 spiro atoms. The number of hydrogen-bond acceptors (Lipinski definition) is 7. The molecule has 1 aromatic carbocycles. The Morgan fingerprint density at radius 1 is 1.33 bits per heavy atom. The molecule has 0 aliphatic rings. The minimum absolute atomic E-state index is 0.0604. The number of benzene rings is 1. The second kappa shape index (κ2) is 4.07. The van der Waals surface area contributed by atoms with Crippen molar-refractivity contribution in [2.75, 3.05) is 0 Å². The molecule has 0 fully saturated rings. The van der Waals surface area contributed by atoms with E-state index in [9.17, 15) is 10.1 Å². The van der Waals surface area contributed by atoms with Gasteiger partial charge in [0.05, 0.1) is 9.62 Å². The van der Waals surface area contributed by atoms with E-state index in [4.69, 9.17) is 0 Å². The van der Waals surface area contributed by atoms with E-state index in [1.165, 1.54) is 35.0 Å². The molecule has 2 aromatic heterocycles. The van der Waals surface area contributed by atoms with Crippen LogP contribution in [0.25, 0.3) is 20.8 Å². The van der Waals surface area contributed by atoms with Crippen LogP contribution in [0.3, 0.4) is 0 Å². The Labute approximate surface area is 109 Å². The molecule has 0 bridgehead atoms. The first-order valence-electron chi connectivity index (χ1n) is 4.99. The second-order valence-electron chi connectivity index (χ2n) is 3.59. The number of nitro benzene ring substituents is 1. The van der Waals surface area contributed by atoms with E-state index in [1.807, 2.05) is 6.92 Å². The van der Waals surface area contributed by atoms with Crippen molar-refractivity contribution < 1.29 is 4.92 Å². The van der Waals surface area contributed by atoms with Crippen LogP contribution >= 0.6 is 22.9 Å². The molecule has 0 amide bonds. The Morgan fingerprint density at radius 3 is 2.83 bits per heavy atom. The lowest BCUT2D eigenvalue weighted by Gasteiger charge is -1.93. The highest BCUT2D eigenvalue weighted by atomic mass is 32.1. The van der Waals surface area contributed by atoms with E-state index >= 15 is 0 Å². The van der Waals surface area contributed by atoms with E-state index < -0.39 is 4.92 Å². The number of rotatable bonds is 2. The van der Waals surface area contributed by atoms with Crippen molar-refractivity contribution in [3.05, 3.63) is 33.3 Å². The Bertz CT molecular complexity index is 749. The van der Waals surface area contributed by atoms with Crippen molar-refractivity contribution in [2.24, 2.45) is 0 Å². The fraction of sp³-hybridized carbons (Fsp3) is 0.100. The van der Waals surface area contributed by atoms with Gasteiger partial charge in [-0.2, -0.15) is 4.37 Å². The number of aryl methyl sites for hydroxylation is 1. The number of non-ortho nitro benzene ring substituents is 1. The standard InChI is InChI=1S/C10H6N4O2S2/c1-5-11-12-10(17-5)9-7-4-6(14(15)16)2-3-8(7)18-13-9/h2-4H,1H3. The lowest BCUT2D eigenvalue weighted by molar-refractivity contribution is -0.384. The predicted molar refractivity (Wildman–Crippen MR) is 69.9 cm³/mol. The minimum atomic E-state index is -0.410. The Hall–Kier alpha value is -1.93. The average molecular weight is 278 g/mol. The highest BCUT2D eigenvalue weighted by Crippen LogP contribution is 2.34. The van der Waals surface area contributed by atoms with Gasteiger partial charge in [-0.15, -0.1) is 10.2 Å². The summed E-state index contributed by atoms with van der Waals surface area (Å²) < 4.78 is 5.21. The van der Waals surface area contributed by atoms with Crippen molar-refractivity contribution in [1.29, 1.82) is 0 Å². The lowest BCUT2D eigenvalue weighted by Crippen LogP contribution is -1.86. The van der Waals surface area contributed by atoms with Crippen LogP contribution < -0.4 is 0 Å². The maximum Gasteiger partial charge on any atom is 0.270 e. The lowest BCUT2D eigenvalue weighted by atomic mass is 10.2. The quantitative estimate of drug-likeness (QED) is 0.531. The summed E-state index contributed by atoms with van der Waals surface area (Å²) in [5.74, 6) is 0. The predicted octanol–water partition coefficient (Wildman–Crippen LogP) is 3.03. The molecule has 2 heterocycles. The molecular formula is C10H6N4O2S2. The summed E-state index contributed by atoms with van der Waals surface area (Å²) in [6.07, 6.45) is 0. The largest absolute Gasteiger partial charge is 0.270 e. The molecular weight excluding hydrogens is 272 g/mol. The van der Waals surface area contributed by atoms with Crippen molar-refractivity contribution in [3.8, 4) is 10.7 Å². The summed E-state index contributed by atoms with van der Waals surface area (Å²) in [7, 11) is 0. The van der Waals surface area contributed by atoms with Gasteiger partial charge in [0.15, 0.2) is 5.01 Å². The van der Waals surface area contributed by atoms with Crippen LogP contribution in [-0.2, 0) is 0 Å². The monoisotopic (exact) mass is 278 g/mol. The average Bonchev–Trinajstić information content (AvgIpc) is 2.93. The molecule has 3 rings (SSSR count). The maximum absolute atomic E-state index is 10.8. The maximum atomic E-state index is 10.8. The number of fused-ring (bicyclic) bond motifs is 1. The van der Waals surface area contributed by atoms with Gasteiger partial charge in [-0.1, -0.05) is 11.3 Å². The van der Waals surface area contributed by atoms with Crippen molar-refractivity contribution in [2.45, 2.75) is 6.92 Å². The molecule has 0 radical (unpaired) electrons. The van der Waals surface area contributed by atoms with Gasteiger partial charge in [0.1, 0.15) is 10.7 Å². The normalized spacial score (nSPS) is 10.9. The molecule has 0 aliphatic heterocycles.